The zero-order valence-electron chi connectivity index (χ0n) is 14.1. The second kappa shape index (κ2) is 8.21. The van der Waals surface area contributed by atoms with Gasteiger partial charge in [-0.3, -0.25) is 9.59 Å². The normalized spacial score (nSPS) is 10.5. The number of carbonyl (C=O) groups is 2. The van der Waals surface area contributed by atoms with Gasteiger partial charge in [0.2, 0.25) is 0 Å². The summed E-state index contributed by atoms with van der Waals surface area (Å²) in [5.41, 5.74) is 3.44. The minimum atomic E-state index is -0.876. The fourth-order valence-corrected chi connectivity index (χ4v) is 3.68. The molecule has 2 N–H and O–H groups in total. The molecule has 0 saturated carbocycles. The lowest BCUT2D eigenvalue weighted by Crippen LogP contribution is -2.10. The predicted molar refractivity (Wildman–Crippen MR) is 107 cm³/mol. The van der Waals surface area contributed by atoms with Crippen molar-refractivity contribution < 1.29 is 14.7 Å². The summed E-state index contributed by atoms with van der Waals surface area (Å²) in [7, 11) is 0. The predicted octanol–water partition coefficient (Wildman–Crippen LogP) is 5.02. The molecule has 0 atom stereocenters. The molecule has 0 saturated heterocycles. The third-order valence-corrected chi connectivity index (χ3v) is 5.49. The second-order valence-corrected chi connectivity index (χ2v) is 7.44. The van der Waals surface area contributed by atoms with Gasteiger partial charge in [-0.1, -0.05) is 24.3 Å². The minimum absolute atomic E-state index is 0.0299. The Morgan fingerprint density at radius 3 is 2.35 bits per heavy atom. The first-order valence-electron chi connectivity index (χ1n) is 7.90. The second-order valence-electron chi connectivity index (χ2n) is 5.65. The number of carboxylic acid groups (broad SMARTS) is 1. The number of thioether (sulfide) groups is 1. The van der Waals surface area contributed by atoms with E-state index in [2.05, 4.69) is 29.6 Å². The molecule has 3 rings (SSSR count). The van der Waals surface area contributed by atoms with Gasteiger partial charge in [0, 0.05) is 10.6 Å². The van der Waals surface area contributed by atoms with Crippen LogP contribution in [-0.4, -0.2) is 23.2 Å². The highest BCUT2D eigenvalue weighted by atomic mass is 32.2. The van der Waals surface area contributed by atoms with Gasteiger partial charge in [0.05, 0.1) is 11.3 Å². The molecule has 0 radical (unpaired) electrons. The van der Waals surface area contributed by atoms with Crippen LogP contribution in [0.2, 0.25) is 0 Å². The van der Waals surface area contributed by atoms with Crippen LogP contribution in [0.15, 0.2) is 64.9 Å². The van der Waals surface area contributed by atoms with Gasteiger partial charge in [-0.15, -0.1) is 23.1 Å². The van der Waals surface area contributed by atoms with Crippen LogP contribution in [0.5, 0.6) is 0 Å². The summed E-state index contributed by atoms with van der Waals surface area (Å²) in [6, 6.07) is 17.0. The van der Waals surface area contributed by atoms with Crippen molar-refractivity contribution in [1.29, 1.82) is 0 Å². The summed E-state index contributed by atoms with van der Waals surface area (Å²) in [6.45, 7) is 0. The van der Waals surface area contributed by atoms with Crippen molar-refractivity contribution in [1.82, 2.24) is 0 Å². The van der Waals surface area contributed by atoms with E-state index in [0.717, 1.165) is 11.1 Å². The quantitative estimate of drug-likeness (QED) is 0.587. The number of anilines is 1. The molecule has 0 aliphatic heterocycles. The van der Waals surface area contributed by atoms with Crippen molar-refractivity contribution in [2.45, 2.75) is 11.3 Å². The van der Waals surface area contributed by atoms with E-state index in [4.69, 9.17) is 5.11 Å². The average molecular weight is 383 g/mol. The molecule has 132 valence electrons. The number of thiophene rings is 1. The van der Waals surface area contributed by atoms with Gasteiger partial charge in [0.25, 0.3) is 5.91 Å². The fourth-order valence-electron chi connectivity index (χ4n) is 2.46. The standard InChI is InChI=1S/C20H17NO3S2/c1-25-17-8-4-14(5-9-17)15-11-18(26-12-15)20(24)21-16-6-2-13(3-7-16)10-19(22)23/h2-9,11-12H,10H2,1H3,(H,21,24)(H,22,23). The average Bonchev–Trinajstić information content (AvgIpc) is 3.13. The van der Waals surface area contributed by atoms with Gasteiger partial charge in [-0.2, -0.15) is 0 Å². The van der Waals surface area contributed by atoms with Crippen LogP contribution in [0.1, 0.15) is 15.2 Å². The zero-order valence-corrected chi connectivity index (χ0v) is 15.7. The summed E-state index contributed by atoms with van der Waals surface area (Å²) in [6.07, 6.45) is 2.01. The summed E-state index contributed by atoms with van der Waals surface area (Å²) in [4.78, 5) is 25.0. The minimum Gasteiger partial charge on any atom is -0.481 e. The smallest absolute Gasteiger partial charge is 0.307 e. The van der Waals surface area contributed by atoms with E-state index in [0.29, 0.717) is 16.1 Å². The molecule has 0 spiro atoms. The third-order valence-electron chi connectivity index (χ3n) is 3.81. The summed E-state index contributed by atoms with van der Waals surface area (Å²) >= 11 is 3.09. The van der Waals surface area contributed by atoms with Crippen LogP contribution in [0.3, 0.4) is 0 Å². The van der Waals surface area contributed by atoms with Gasteiger partial charge in [0.15, 0.2) is 0 Å². The molecule has 2 aromatic carbocycles. The Morgan fingerprint density at radius 2 is 1.73 bits per heavy atom. The molecule has 6 heteroatoms. The zero-order chi connectivity index (χ0) is 18.5. The number of benzene rings is 2. The van der Waals surface area contributed by atoms with E-state index in [1.165, 1.54) is 16.2 Å². The molecule has 0 unspecified atom stereocenters. The van der Waals surface area contributed by atoms with E-state index >= 15 is 0 Å². The lowest BCUT2D eigenvalue weighted by atomic mass is 10.1. The first kappa shape index (κ1) is 18.2. The maximum Gasteiger partial charge on any atom is 0.307 e. The molecule has 0 aliphatic carbocycles. The van der Waals surface area contributed by atoms with Crippen LogP contribution >= 0.6 is 23.1 Å². The molecule has 0 fully saturated rings. The lowest BCUT2D eigenvalue weighted by Gasteiger charge is -2.04. The van der Waals surface area contributed by atoms with Gasteiger partial charge < -0.3 is 10.4 Å². The first-order valence-corrected chi connectivity index (χ1v) is 10.0. The SMILES string of the molecule is CSc1ccc(-c2csc(C(=O)Nc3ccc(CC(=O)O)cc3)c2)cc1. The van der Waals surface area contributed by atoms with Crippen molar-refractivity contribution in [3.8, 4) is 11.1 Å². The third kappa shape index (κ3) is 4.53. The maximum atomic E-state index is 12.4. The molecule has 1 heterocycles. The van der Waals surface area contributed by atoms with Crippen LogP contribution in [0.4, 0.5) is 5.69 Å². The largest absolute Gasteiger partial charge is 0.481 e. The number of aliphatic carboxylic acids is 1. The van der Waals surface area contributed by atoms with Gasteiger partial charge in [-0.25, -0.2) is 0 Å². The Bertz CT molecular complexity index is 915. The van der Waals surface area contributed by atoms with E-state index in [-0.39, 0.29) is 12.3 Å². The lowest BCUT2D eigenvalue weighted by molar-refractivity contribution is -0.136. The van der Waals surface area contributed by atoms with E-state index in [1.807, 2.05) is 17.7 Å². The monoisotopic (exact) mass is 383 g/mol. The van der Waals surface area contributed by atoms with Gasteiger partial charge in [0.1, 0.15) is 0 Å². The Morgan fingerprint density at radius 1 is 1.04 bits per heavy atom. The summed E-state index contributed by atoms with van der Waals surface area (Å²) in [5.74, 6) is -1.05. The van der Waals surface area contributed by atoms with E-state index in [9.17, 15) is 9.59 Å². The van der Waals surface area contributed by atoms with Crippen molar-refractivity contribution in [2.24, 2.45) is 0 Å². The van der Waals surface area contributed by atoms with E-state index in [1.54, 1.807) is 36.0 Å². The molecule has 4 nitrogen and oxygen atoms in total. The molecule has 1 amide bonds. The van der Waals surface area contributed by atoms with Crippen LogP contribution in [0.25, 0.3) is 11.1 Å². The Kier molecular flexibility index (Phi) is 5.75. The van der Waals surface area contributed by atoms with Crippen molar-refractivity contribution in [2.75, 3.05) is 11.6 Å². The summed E-state index contributed by atoms with van der Waals surface area (Å²) in [5, 5.41) is 13.6. The number of nitrogens with one attached hydrogen (secondary N) is 1. The molecular weight excluding hydrogens is 366 g/mol. The highest BCUT2D eigenvalue weighted by Gasteiger charge is 2.11. The van der Waals surface area contributed by atoms with Gasteiger partial charge >= 0.3 is 5.97 Å². The number of hydrogen-bond acceptors (Lipinski definition) is 4. The molecule has 0 bridgehead atoms. The molecular formula is C20H17NO3S2. The van der Waals surface area contributed by atoms with Crippen LogP contribution in [-0.2, 0) is 11.2 Å². The number of carbonyl (C=O) groups excluding carboxylic acids is 1. The Balaban J connectivity index is 1.68. The molecule has 26 heavy (non-hydrogen) atoms. The summed E-state index contributed by atoms with van der Waals surface area (Å²) < 4.78 is 0. The number of hydrogen-bond donors (Lipinski definition) is 2. The highest BCUT2D eigenvalue weighted by Crippen LogP contribution is 2.28. The van der Waals surface area contributed by atoms with Crippen molar-refractivity contribution >= 4 is 40.7 Å². The maximum absolute atomic E-state index is 12.4. The molecule has 0 aliphatic rings. The van der Waals surface area contributed by atoms with Crippen molar-refractivity contribution in [3.05, 3.63) is 70.4 Å². The number of amides is 1. The number of rotatable bonds is 6. The van der Waals surface area contributed by atoms with Gasteiger partial charge in [-0.05, 0) is 58.7 Å². The Labute approximate surface area is 159 Å². The van der Waals surface area contributed by atoms with Crippen LogP contribution in [0, 0.1) is 0 Å². The number of carboxylic acids is 1. The van der Waals surface area contributed by atoms with Crippen molar-refractivity contribution in [3.63, 3.8) is 0 Å². The molecule has 1 aromatic heterocycles. The first-order chi connectivity index (χ1) is 12.5. The topological polar surface area (TPSA) is 66.4 Å². The Hall–Kier alpha value is -2.57. The van der Waals surface area contributed by atoms with E-state index < -0.39 is 5.97 Å². The highest BCUT2D eigenvalue weighted by molar-refractivity contribution is 7.98. The molecule has 3 aromatic rings. The van der Waals surface area contributed by atoms with Crippen LogP contribution < -0.4 is 5.32 Å². The fraction of sp³-hybridized carbons (Fsp3) is 0.100.